The summed E-state index contributed by atoms with van der Waals surface area (Å²) in [5, 5.41) is 11.1. The van der Waals surface area contributed by atoms with E-state index >= 15 is 0 Å². The Morgan fingerprint density at radius 1 is 0.933 bits per heavy atom. The number of urea groups is 1. The zero-order chi connectivity index (χ0) is 21.1. The van der Waals surface area contributed by atoms with Crippen LogP contribution < -0.4 is 10.2 Å². The van der Waals surface area contributed by atoms with Crippen LogP contribution >= 0.6 is 0 Å². The number of aryl methyl sites for hydroxylation is 1. The first-order valence-electron chi connectivity index (χ1n) is 9.66. The fourth-order valence-corrected chi connectivity index (χ4v) is 3.30. The lowest BCUT2D eigenvalue weighted by Crippen LogP contribution is -2.50. The van der Waals surface area contributed by atoms with Crippen LogP contribution in [0.1, 0.15) is 5.56 Å². The van der Waals surface area contributed by atoms with E-state index in [1.54, 1.807) is 4.90 Å². The van der Waals surface area contributed by atoms with Crippen LogP contribution in [0.2, 0.25) is 0 Å². The zero-order valence-corrected chi connectivity index (χ0v) is 16.5. The van der Waals surface area contributed by atoms with Gasteiger partial charge in [-0.25, -0.2) is 13.6 Å². The molecule has 2 amide bonds. The average Bonchev–Trinajstić information content (AvgIpc) is 2.76. The smallest absolute Gasteiger partial charge is 0.322 e. The molecule has 154 valence electrons. The van der Waals surface area contributed by atoms with Gasteiger partial charge in [0, 0.05) is 37.8 Å². The molecule has 0 aliphatic carbocycles. The molecule has 0 saturated carbocycles. The molecule has 0 spiro atoms. The summed E-state index contributed by atoms with van der Waals surface area (Å²) in [5.74, 6) is -0.741. The van der Waals surface area contributed by atoms with E-state index in [9.17, 15) is 13.6 Å². The van der Waals surface area contributed by atoms with Crippen molar-refractivity contribution in [2.24, 2.45) is 0 Å². The first kappa shape index (κ1) is 19.8. The highest BCUT2D eigenvalue weighted by molar-refractivity contribution is 5.89. The minimum Gasteiger partial charge on any atom is -0.352 e. The Hall–Kier alpha value is -3.55. The maximum atomic E-state index is 13.7. The highest BCUT2D eigenvalue weighted by Gasteiger charge is 2.23. The monoisotopic (exact) mass is 409 g/mol. The van der Waals surface area contributed by atoms with E-state index in [1.165, 1.54) is 11.6 Å². The standard InChI is InChI=1S/C22H21F2N5O/c1-15-2-4-16(5-3-15)19-8-9-21(27-26-19)28-10-12-29(13-11-28)22(30)25-20-7-6-17(23)14-18(20)24/h2-9,14H,10-13H2,1H3,(H,25,30). The first-order chi connectivity index (χ1) is 14.5. The van der Waals surface area contributed by atoms with Crippen LogP contribution in [0.15, 0.2) is 54.6 Å². The molecular weight excluding hydrogens is 388 g/mol. The van der Waals surface area contributed by atoms with Gasteiger partial charge in [-0.05, 0) is 31.2 Å². The lowest BCUT2D eigenvalue weighted by atomic mass is 10.1. The van der Waals surface area contributed by atoms with Gasteiger partial charge in [0.1, 0.15) is 11.6 Å². The van der Waals surface area contributed by atoms with Crippen LogP contribution in [0.3, 0.4) is 0 Å². The molecule has 2 heterocycles. The predicted octanol–water partition coefficient (Wildman–Crippen LogP) is 4.08. The summed E-state index contributed by atoms with van der Waals surface area (Å²) in [6.45, 7) is 4.11. The van der Waals surface area contributed by atoms with Crippen molar-refractivity contribution >= 4 is 17.5 Å². The largest absolute Gasteiger partial charge is 0.352 e. The van der Waals surface area contributed by atoms with Crippen LogP contribution in [0.4, 0.5) is 25.1 Å². The minimum absolute atomic E-state index is 0.0404. The van der Waals surface area contributed by atoms with Crippen LogP contribution in [-0.2, 0) is 0 Å². The molecule has 1 saturated heterocycles. The second-order valence-electron chi connectivity index (χ2n) is 7.17. The molecular formula is C22H21F2N5O. The van der Waals surface area contributed by atoms with Gasteiger partial charge < -0.3 is 15.1 Å². The third-order valence-electron chi connectivity index (χ3n) is 5.06. The van der Waals surface area contributed by atoms with E-state index in [4.69, 9.17) is 0 Å². The highest BCUT2D eigenvalue weighted by Crippen LogP contribution is 2.20. The van der Waals surface area contributed by atoms with Crippen LogP contribution in [0.25, 0.3) is 11.3 Å². The third-order valence-corrected chi connectivity index (χ3v) is 5.06. The number of amides is 2. The molecule has 1 N–H and O–H groups in total. The number of rotatable bonds is 3. The van der Waals surface area contributed by atoms with Crippen molar-refractivity contribution in [3.05, 3.63) is 71.8 Å². The number of halogens is 2. The fraction of sp³-hybridized carbons (Fsp3) is 0.227. The van der Waals surface area contributed by atoms with Gasteiger partial charge in [0.15, 0.2) is 5.82 Å². The van der Waals surface area contributed by atoms with E-state index < -0.39 is 17.7 Å². The van der Waals surface area contributed by atoms with Crippen molar-refractivity contribution in [1.82, 2.24) is 15.1 Å². The summed E-state index contributed by atoms with van der Waals surface area (Å²) in [6, 6.07) is 14.6. The summed E-state index contributed by atoms with van der Waals surface area (Å²) < 4.78 is 26.7. The van der Waals surface area contributed by atoms with Gasteiger partial charge in [0.2, 0.25) is 0 Å². The molecule has 2 aromatic carbocycles. The number of hydrogen-bond donors (Lipinski definition) is 1. The topological polar surface area (TPSA) is 61.4 Å². The SMILES string of the molecule is Cc1ccc(-c2ccc(N3CCN(C(=O)Nc4ccc(F)cc4F)CC3)nn2)cc1. The van der Waals surface area contributed by atoms with E-state index in [0.29, 0.717) is 26.2 Å². The molecule has 30 heavy (non-hydrogen) atoms. The van der Waals surface area contributed by atoms with Gasteiger partial charge in [-0.2, -0.15) is 0 Å². The van der Waals surface area contributed by atoms with Gasteiger partial charge >= 0.3 is 6.03 Å². The Kier molecular flexibility index (Phi) is 5.56. The van der Waals surface area contributed by atoms with E-state index in [2.05, 4.69) is 15.5 Å². The first-order valence-corrected chi connectivity index (χ1v) is 9.66. The van der Waals surface area contributed by atoms with Crippen LogP contribution in [0.5, 0.6) is 0 Å². The van der Waals surface area contributed by atoms with Crippen molar-refractivity contribution < 1.29 is 13.6 Å². The summed E-state index contributed by atoms with van der Waals surface area (Å²) >= 11 is 0. The van der Waals surface area contributed by atoms with Crippen LogP contribution in [-0.4, -0.2) is 47.3 Å². The van der Waals surface area contributed by atoms with Crippen molar-refractivity contribution in [2.75, 3.05) is 36.4 Å². The number of benzene rings is 2. The molecule has 0 bridgehead atoms. The predicted molar refractivity (Wildman–Crippen MR) is 111 cm³/mol. The number of carbonyl (C=O) groups excluding carboxylic acids is 1. The zero-order valence-electron chi connectivity index (χ0n) is 16.5. The summed E-state index contributed by atoms with van der Waals surface area (Å²) in [7, 11) is 0. The van der Waals surface area contributed by atoms with Crippen molar-refractivity contribution in [1.29, 1.82) is 0 Å². The Labute approximate surface area is 173 Å². The molecule has 6 nitrogen and oxygen atoms in total. The van der Waals surface area contributed by atoms with Gasteiger partial charge in [0.25, 0.3) is 0 Å². The Morgan fingerprint density at radius 3 is 2.30 bits per heavy atom. The highest BCUT2D eigenvalue weighted by atomic mass is 19.1. The van der Waals surface area contributed by atoms with E-state index in [0.717, 1.165) is 29.2 Å². The lowest BCUT2D eigenvalue weighted by molar-refractivity contribution is 0.208. The Morgan fingerprint density at radius 2 is 1.67 bits per heavy atom. The normalized spacial score (nSPS) is 14.0. The quantitative estimate of drug-likeness (QED) is 0.708. The maximum absolute atomic E-state index is 13.7. The molecule has 4 rings (SSSR count). The number of anilines is 2. The minimum atomic E-state index is -0.800. The molecule has 1 aliphatic heterocycles. The molecule has 0 unspecified atom stereocenters. The Balaban J connectivity index is 1.34. The third kappa shape index (κ3) is 4.37. The average molecular weight is 409 g/mol. The number of carbonyl (C=O) groups is 1. The van der Waals surface area contributed by atoms with Crippen molar-refractivity contribution in [3.63, 3.8) is 0 Å². The number of aromatic nitrogens is 2. The molecule has 0 radical (unpaired) electrons. The second-order valence-corrected chi connectivity index (χ2v) is 7.17. The number of hydrogen-bond acceptors (Lipinski definition) is 4. The molecule has 8 heteroatoms. The molecule has 1 aromatic heterocycles. The van der Waals surface area contributed by atoms with Gasteiger partial charge in [-0.15, -0.1) is 10.2 Å². The number of nitrogens with one attached hydrogen (secondary N) is 1. The summed E-state index contributed by atoms with van der Waals surface area (Å²) in [6.07, 6.45) is 0. The molecule has 1 aliphatic rings. The molecule has 1 fully saturated rings. The van der Waals surface area contributed by atoms with Gasteiger partial charge in [-0.3, -0.25) is 0 Å². The van der Waals surface area contributed by atoms with Crippen molar-refractivity contribution in [2.45, 2.75) is 6.92 Å². The Bertz CT molecular complexity index is 1030. The van der Waals surface area contributed by atoms with E-state index in [-0.39, 0.29) is 5.69 Å². The van der Waals surface area contributed by atoms with Gasteiger partial charge in [0.05, 0.1) is 11.4 Å². The van der Waals surface area contributed by atoms with Gasteiger partial charge in [-0.1, -0.05) is 29.8 Å². The number of nitrogens with zero attached hydrogens (tertiary/aromatic N) is 4. The van der Waals surface area contributed by atoms with Crippen LogP contribution in [0, 0.1) is 18.6 Å². The fourth-order valence-electron chi connectivity index (χ4n) is 3.30. The molecule has 3 aromatic rings. The summed E-state index contributed by atoms with van der Waals surface area (Å²) in [5.41, 5.74) is 2.96. The summed E-state index contributed by atoms with van der Waals surface area (Å²) in [4.78, 5) is 16.0. The second kappa shape index (κ2) is 8.44. The van der Waals surface area contributed by atoms with E-state index in [1.807, 2.05) is 48.2 Å². The van der Waals surface area contributed by atoms with Crippen molar-refractivity contribution in [3.8, 4) is 11.3 Å². The molecule has 0 atom stereocenters. The maximum Gasteiger partial charge on any atom is 0.322 e. The number of piperazine rings is 1. The lowest BCUT2D eigenvalue weighted by Gasteiger charge is -2.35.